The Balaban J connectivity index is 1.58. The highest BCUT2D eigenvalue weighted by Crippen LogP contribution is 2.27. The number of benzene rings is 2. The van der Waals surface area contributed by atoms with E-state index < -0.39 is 23.8 Å². The number of hydrogen-bond donors (Lipinski definition) is 1. The number of carbonyl (C=O) groups is 4. The van der Waals surface area contributed by atoms with E-state index in [0.29, 0.717) is 22.6 Å². The number of anilines is 1. The number of carbonyl (C=O) groups excluding carboxylic acids is 4. The van der Waals surface area contributed by atoms with Crippen LogP contribution in [0.2, 0.25) is 0 Å². The Morgan fingerprint density at radius 2 is 1.71 bits per heavy atom. The van der Waals surface area contributed by atoms with E-state index in [2.05, 4.69) is 5.32 Å². The largest absolute Gasteiger partial charge is 0.497 e. The second-order valence-electron chi connectivity index (χ2n) is 7.16. The van der Waals surface area contributed by atoms with Crippen LogP contribution in [0.5, 0.6) is 5.75 Å². The Morgan fingerprint density at radius 1 is 1.00 bits per heavy atom. The average Bonchev–Trinajstić information content (AvgIpc) is 3.31. The molecule has 1 aromatic heterocycles. The van der Waals surface area contributed by atoms with Crippen LogP contribution in [-0.2, 0) is 14.3 Å². The summed E-state index contributed by atoms with van der Waals surface area (Å²) in [6.45, 7) is 2.01. The molecule has 1 aliphatic rings. The molecule has 172 valence electrons. The molecular formula is C25H20N2O7. The van der Waals surface area contributed by atoms with Crippen molar-refractivity contribution in [3.63, 3.8) is 0 Å². The molecule has 34 heavy (non-hydrogen) atoms. The number of rotatable bonds is 6. The fourth-order valence-corrected chi connectivity index (χ4v) is 3.34. The molecule has 3 aromatic rings. The van der Waals surface area contributed by atoms with Gasteiger partial charge in [0.2, 0.25) is 0 Å². The molecule has 0 unspecified atom stereocenters. The quantitative estimate of drug-likeness (QED) is 0.338. The molecule has 9 heteroatoms. The number of barbiturate groups is 1. The highest BCUT2D eigenvalue weighted by Gasteiger charge is 2.37. The number of furan rings is 1. The number of urea groups is 1. The lowest BCUT2D eigenvalue weighted by molar-refractivity contribution is -0.122. The van der Waals surface area contributed by atoms with Gasteiger partial charge in [0.15, 0.2) is 0 Å². The molecule has 0 spiro atoms. The number of hydrogen-bond acceptors (Lipinski definition) is 7. The SMILES string of the molecule is CCOC(=O)c1ccc(-c2ccc(/C=C3\C(=O)NC(=O)N(c4ccc(OC)cc4)C3=O)o2)cc1. The molecule has 2 aromatic carbocycles. The maximum absolute atomic E-state index is 13.0. The van der Waals surface area contributed by atoms with E-state index in [0.717, 1.165) is 4.90 Å². The van der Waals surface area contributed by atoms with Crippen LogP contribution in [0.3, 0.4) is 0 Å². The Morgan fingerprint density at radius 3 is 2.35 bits per heavy atom. The van der Waals surface area contributed by atoms with E-state index in [1.54, 1.807) is 55.5 Å². The van der Waals surface area contributed by atoms with E-state index in [9.17, 15) is 19.2 Å². The summed E-state index contributed by atoms with van der Waals surface area (Å²) in [6, 6.07) is 15.3. The molecule has 0 bridgehead atoms. The Hall–Kier alpha value is -4.66. The van der Waals surface area contributed by atoms with Crippen molar-refractivity contribution >= 4 is 35.6 Å². The molecular weight excluding hydrogens is 440 g/mol. The van der Waals surface area contributed by atoms with Gasteiger partial charge in [-0.3, -0.25) is 14.9 Å². The third kappa shape index (κ3) is 4.44. The molecule has 0 aliphatic carbocycles. The summed E-state index contributed by atoms with van der Waals surface area (Å²) in [6.07, 6.45) is 1.27. The van der Waals surface area contributed by atoms with Crippen molar-refractivity contribution < 1.29 is 33.1 Å². The predicted octanol–water partition coefficient (Wildman–Crippen LogP) is 3.80. The Kier molecular flexibility index (Phi) is 6.26. The second kappa shape index (κ2) is 9.45. The fourth-order valence-electron chi connectivity index (χ4n) is 3.34. The summed E-state index contributed by atoms with van der Waals surface area (Å²) < 4.78 is 15.8. The van der Waals surface area contributed by atoms with Gasteiger partial charge >= 0.3 is 12.0 Å². The fraction of sp³-hybridized carbons (Fsp3) is 0.120. The lowest BCUT2D eigenvalue weighted by atomic mass is 10.1. The van der Waals surface area contributed by atoms with Crippen LogP contribution in [0.25, 0.3) is 17.4 Å². The third-order valence-corrected chi connectivity index (χ3v) is 5.03. The van der Waals surface area contributed by atoms with Gasteiger partial charge in [-0.1, -0.05) is 12.1 Å². The summed E-state index contributed by atoms with van der Waals surface area (Å²) in [5.41, 5.74) is 1.12. The summed E-state index contributed by atoms with van der Waals surface area (Å²) in [4.78, 5) is 50.4. The molecule has 4 rings (SSSR count). The normalized spacial score (nSPS) is 14.8. The number of imide groups is 2. The number of nitrogens with zero attached hydrogens (tertiary/aromatic N) is 1. The van der Waals surface area contributed by atoms with Crippen molar-refractivity contribution in [1.82, 2.24) is 5.32 Å². The molecule has 0 atom stereocenters. The Labute approximate surface area is 194 Å². The monoisotopic (exact) mass is 460 g/mol. The number of ether oxygens (including phenoxy) is 2. The van der Waals surface area contributed by atoms with Gasteiger partial charge < -0.3 is 13.9 Å². The van der Waals surface area contributed by atoms with Gasteiger partial charge in [0.05, 0.1) is 25.0 Å². The number of amides is 4. The molecule has 2 heterocycles. The first-order chi connectivity index (χ1) is 16.4. The zero-order valence-electron chi connectivity index (χ0n) is 18.4. The Bertz CT molecular complexity index is 1290. The van der Waals surface area contributed by atoms with Gasteiger partial charge in [-0.15, -0.1) is 0 Å². The third-order valence-electron chi connectivity index (χ3n) is 5.03. The maximum Gasteiger partial charge on any atom is 0.338 e. The molecule has 1 fully saturated rings. The van der Waals surface area contributed by atoms with E-state index in [1.165, 1.54) is 25.3 Å². The molecule has 4 amide bonds. The van der Waals surface area contributed by atoms with Gasteiger partial charge in [-0.05, 0) is 61.5 Å². The van der Waals surface area contributed by atoms with Crippen LogP contribution >= 0.6 is 0 Å². The molecule has 1 aliphatic heterocycles. The van der Waals surface area contributed by atoms with Gasteiger partial charge in [-0.25, -0.2) is 14.5 Å². The summed E-state index contributed by atoms with van der Waals surface area (Å²) in [5.74, 6) is -0.760. The summed E-state index contributed by atoms with van der Waals surface area (Å²) in [7, 11) is 1.50. The number of methoxy groups -OCH3 is 1. The predicted molar refractivity (Wildman–Crippen MR) is 122 cm³/mol. The maximum atomic E-state index is 13.0. The van der Waals surface area contributed by atoms with Crippen molar-refractivity contribution in [2.45, 2.75) is 6.92 Å². The van der Waals surface area contributed by atoms with Crippen LogP contribution in [0.15, 0.2) is 70.7 Å². The van der Waals surface area contributed by atoms with Gasteiger partial charge in [0, 0.05) is 5.56 Å². The van der Waals surface area contributed by atoms with E-state index in [-0.39, 0.29) is 23.6 Å². The van der Waals surface area contributed by atoms with Crippen LogP contribution < -0.4 is 15.0 Å². The zero-order chi connectivity index (χ0) is 24.2. The van der Waals surface area contributed by atoms with Crippen LogP contribution in [0.1, 0.15) is 23.0 Å². The van der Waals surface area contributed by atoms with Crippen LogP contribution in [-0.4, -0.2) is 37.5 Å². The van der Waals surface area contributed by atoms with Crippen molar-refractivity contribution in [3.05, 3.63) is 77.6 Å². The van der Waals surface area contributed by atoms with Crippen LogP contribution in [0, 0.1) is 0 Å². The van der Waals surface area contributed by atoms with E-state index in [4.69, 9.17) is 13.9 Å². The second-order valence-corrected chi connectivity index (χ2v) is 7.16. The van der Waals surface area contributed by atoms with E-state index >= 15 is 0 Å². The molecule has 1 N–H and O–H groups in total. The molecule has 9 nitrogen and oxygen atoms in total. The topological polar surface area (TPSA) is 115 Å². The lowest BCUT2D eigenvalue weighted by Crippen LogP contribution is -2.54. The minimum atomic E-state index is -0.848. The average molecular weight is 460 g/mol. The minimum absolute atomic E-state index is 0.243. The first kappa shape index (κ1) is 22.5. The summed E-state index contributed by atoms with van der Waals surface area (Å²) in [5, 5.41) is 2.17. The number of nitrogens with one attached hydrogen (secondary N) is 1. The van der Waals surface area contributed by atoms with E-state index in [1.807, 2.05) is 0 Å². The van der Waals surface area contributed by atoms with Crippen molar-refractivity contribution in [1.29, 1.82) is 0 Å². The molecule has 0 saturated carbocycles. The standard InChI is InChI=1S/C25H20N2O7/c1-3-33-24(30)16-6-4-15(5-7-16)21-13-12-19(34-21)14-20-22(28)26-25(31)27(23(20)29)17-8-10-18(32-2)11-9-17/h4-14H,3H2,1-2H3,(H,26,28,31)/b20-14+. The van der Waals surface area contributed by atoms with Gasteiger partial charge in [-0.2, -0.15) is 0 Å². The van der Waals surface area contributed by atoms with Gasteiger partial charge in [0.25, 0.3) is 11.8 Å². The zero-order valence-corrected chi connectivity index (χ0v) is 18.4. The lowest BCUT2D eigenvalue weighted by Gasteiger charge is -2.26. The molecule has 0 radical (unpaired) electrons. The summed E-state index contributed by atoms with van der Waals surface area (Å²) >= 11 is 0. The first-order valence-electron chi connectivity index (χ1n) is 10.3. The highest BCUT2D eigenvalue weighted by atomic mass is 16.5. The smallest absolute Gasteiger partial charge is 0.338 e. The minimum Gasteiger partial charge on any atom is -0.497 e. The highest BCUT2D eigenvalue weighted by molar-refractivity contribution is 6.39. The van der Waals surface area contributed by atoms with Gasteiger partial charge in [0.1, 0.15) is 22.8 Å². The van der Waals surface area contributed by atoms with Crippen molar-refractivity contribution in [3.8, 4) is 17.1 Å². The first-order valence-corrected chi connectivity index (χ1v) is 10.3. The molecule has 1 saturated heterocycles. The van der Waals surface area contributed by atoms with Crippen LogP contribution in [0.4, 0.5) is 10.5 Å². The number of esters is 1. The van der Waals surface area contributed by atoms with Crippen molar-refractivity contribution in [2.75, 3.05) is 18.6 Å². The van der Waals surface area contributed by atoms with Crippen molar-refractivity contribution in [2.24, 2.45) is 0 Å².